The van der Waals surface area contributed by atoms with Crippen LogP contribution in [0.1, 0.15) is 11.3 Å². The number of nitrogens with zero attached hydrogens (tertiary/aromatic N) is 3. The van der Waals surface area contributed by atoms with E-state index in [9.17, 15) is 5.11 Å². The molecule has 4 heteroatoms. The second-order valence-corrected chi connectivity index (χ2v) is 4.66. The number of aromatic nitrogens is 3. The molecule has 0 unspecified atom stereocenters. The fourth-order valence-electron chi connectivity index (χ4n) is 2.05. The summed E-state index contributed by atoms with van der Waals surface area (Å²) in [6, 6.07) is 17.2. The molecule has 0 saturated carbocycles. The Kier molecular flexibility index (Phi) is 3.46. The molecule has 4 nitrogen and oxygen atoms in total. The van der Waals surface area contributed by atoms with Crippen LogP contribution >= 0.6 is 0 Å². The van der Waals surface area contributed by atoms with E-state index in [0.29, 0.717) is 5.75 Å². The quantitative estimate of drug-likeness (QED) is 0.789. The Labute approximate surface area is 117 Å². The van der Waals surface area contributed by atoms with Gasteiger partial charge in [-0.3, -0.25) is 0 Å². The first-order valence-corrected chi connectivity index (χ1v) is 6.56. The summed E-state index contributed by atoms with van der Waals surface area (Å²) in [5, 5.41) is 17.6. The van der Waals surface area contributed by atoms with Gasteiger partial charge in [0.2, 0.25) is 0 Å². The average Bonchev–Trinajstić information content (AvgIpc) is 2.97. The number of hydrogen-bond acceptors (Lipinski definition) is 3. The summed E-state index contributed by atoms with van der Waals surface area (Å²) in [5.74, 6) is 0.295. The van der Waals surface area contributed by atoms with Crippen LogP contribution in [0.4, 0.5) is 0 Å². The van der Waals surface area contributed by atoms with Gasteiger partial charge in [-0.2, -0.15) is 0 Å². The third kappa shape index (κ3) is 2.85. The summed E-state index contributed by atoms with van der Waals surface area (Å²) in [4.78, 5) is 0. The standard InChI is InChI=1S/C16H15N3O/c20-16-10-7-13(8-11-16)6-9-14-12-19(18-17-14)15-4-2-1-3-5-15/h1-5,7-8,10-12,20H,6,9H2. The van der Waals surface area contributed by atoms with E-state index in [1.54, 1.807) is 16.8 Å². The van der Waals surface area contributed by atoms with Gasteiger partial charge in [-0.05, 0) is 42.7 Å². The van der Waals surface area contributed by atoms with E-state index in [-0.39, 0.29) is 0 Å². The number of phenolic OH excluding ortho intramolecular Hbond substituents is 1. The van der Waals surface area contributed by atoms with Crippen molar-refractivity contribution in [2.45, 2.75) is 12.8 Å². The van der Waals surface area contributed by atoms with Gasteiger partial charge in [0.15, 0.2) is 0 Å². The van der Waals surface area contributed by atoms with E-state index in [2.05, 4.69) is 10.3 Å². The number of phenols is 1. The molecule has 100 valence electrons. The van der Waals surface area contributed by atoms with Crippen molar-refractivity contribution in [2.75, 3.05) is 0 Å². The maximum atomic E-state index is 9.25. The van der Waals surface area contributed by atoms with E-state index in [1.807, 2.05) is 48.7 Å². The Morgan fingerprint density at radius 2 is 1.65 bits per heavy atom. The van der Waals surface area contributed by atoms with Crippen LogP contribution in [0.15, 0.2) is 60.8 Å². The lowest BCUT2D eigenvalue weighted by Gasteiger charge is -1.99. The molecule has 1 N–H and O–H groups in total. The predicted molar refractivity (Wildman–Crippen MR) is 76.9 cm³/mol. The molecule has 0 atom stereocenters. The van der Waals surface area contributed by atoms with Gasteiger partial charge in [0, 0.05) is 0 Å². The van der Waals surface area contributed by atoms with Crippen molar-refractivity contribution in [3.63, 3.8) is 0 Å². The molecule has 0 saturated heterocycles. The molecule has 20 heavy (non-hydrogen) atoms. The van der Waals surface area contributed by atoms with Crippen LogP contribution in [-0.4, -0.2) is 20.1 Å². The Morgan fingerprint density at radius 3 is 2.40 bits per heavy atom. The molecule has 0 bridgehead atoms. The van der Waals surface area contributed by atoms with E-state index in [1.165, 1.54) is 5.56 Å². The van der Waals surface area contributed by atoms with Crippen molar-refractivity contribution in [2.24, 2.45) is 0 Å². The number of aryl methyl sites for hydroxylation is 2. The Bertz CT molecular complexity index is 674. The van der Waals surface area contributed by atoms with E-state index in [4.69, 9.17) is 0 Å². The van der Waals surface area contributed by atoms with Crippen LogP contribution in [0, 0.1) is 0 Å². The zero-order valence-electron chi connectivity index (χ0n) is 11.0. The minimum absolute atomic E-state index is 0.295. The summed E-state index contributed by atoms with van der Waals surface area (Å²) >= 11 is 0. The number of hydrogen-bond donors (Lipinski definition) is 1. The van der Waals surface area contributed by atoms with Gasteiger partial charge in [0.25, 0.3) is 0 Å². The zero-order valence-corrected chi connectivity index (χ0v) is 11.0. The van der Waals surface area contributed by atoms with Crippen LogP contribution in [0.25, 0.3) is 5.69 Å². The van der Waals surface area contributed by atoms with Crippen LogP contribution in [0.3, 0.4) is 0 Å². The van der Waals surface area contributed by atoms with Gasteiger partial charge in [-0.25, -0.2) is 4.68 Å². The van der Waals surface area contributed by atoms with Crippen LogP contribution < -0.4 is 0 Å². The monoisotopic (exact) mass is 265 g/mol. The number of aromatic hydroxyl groups is 1. The lowest BCUT2D eigenvalue weighted by molar-refractivity contribution is 0.475. The fourth-order valence-corrected chi connectivity index (χ4v) is 2.05. The van der Waals surface area contributed by atoms with Crippen molar-refractivity contribution < 1.29 is 5.11 Å². The summed E-state index contributed by atoms with van der Waals surface area (Å²) in [7, 11) is 0. The van der Waals surface area contributed by atoms with Crippen LogP contribution in [0.5, 0.6) is 5.75 Å². The SMILES string of the molecule is Oc1ccc(CCc2cn(-c3ccccc3)nn2)cc1. The molecule has 1 heterocycles. The Morgan fingerprint density at radius 1 is 0.900 bits per heavy atom. The topological polar surface area (TPSA) is 50.9 Å². The van der Waals surface area contributed by atoms with Gasteiger partial charge < -0.3 is 5.11 Å². The minimum Gasteiger partial charge on any atom is -0.508 e. The smallest absolute Gasteiger partial charge is 0.115 e. The normalized spacial score (nSPS) is 10.6. The van der Waals surface area contributed by atoms with Crippen LogP contribution in [-0.2, 0) is 12.8 Å². The van der Waals surface area contributed by atoms with Gasteiger partial charge in [0.1, 0.15) is 5.75 Å². The summed E-state index contributed by atoms with van der Waals surface area (Å²) in [6.45, 7) is 0. The Hall–Kier alpha value is -2.62. The minimum atomic E-state index is 0.295. The van der Waals surface area contributed by atoms with Gasteiger partial charge in [0.05, 0.1) is 17.6 Å². The van der Waals surface area contributed by atoms with Crippen molar-refractivity contribution in [3.8, 4) is 11.4 Å². The Balaban J connectivity index is 1.67. The van der Waals surface area contributed by atoms with E-state index >= 15 is 0 Å². The van der Waals surface area contributed by atoms with E-state index < -0.39 is 0 Å². The number of para-hydroxylation sites is 1. The highest BCUT2D eigenvalue weighted by Crippen LogP contribution is 2.12. The third-order valence-electron chi connectivity index (χ3n) is 3.17. The molecule has 2 aromatic carbocycles. The summed E-state index contributed by atoms with van der Waals surface area (Å²) in [6.07, 6.45) is 3.67. The van der Waals surface area contributed by atoms with Gasteiger partial charge >= 0.3 is 0 Å². The molecular formula is C16H15N3O. The highest BCUT2D eigenvalue weighted by atomic mass is 16.3. The maximum absolute atomic E-state index is 9.25. The third-order valence-corrected chi connectivity index (χ3v) is 3.17. The molecule has 0 aliphatic carbocycles. The second kappa shape index (κ2) is 5.57. The molecule has 0 aliphatic rings. The fraction of sp³-hybridized carbons (Fsp3) is 0.125. The maximum Gasteiger partial charge on any atom is 0.115 e. The first-order valence-electron chi connectivity index (χ1n) is 6.56. The molecule has 0 amide bonds. The molecule has 0 spiro atoms. The highest BCUT2D eigenvalue weighted by molar-refractivity contribution is 5.30. The second-order valence-electron chi connectivity index (χ2n) is 4.66. The first kappa shape index (κ1) is 12.4. The molecule has 0 radical (unpaired) electrons. The van der Waals surface area contributed by atoms with Crippen molar-refractivity contribution in [1.82, 2.24) is 15.0 Å². The molecule has 0 fully saturated rings. The summed E-state index contributed by atoms with van der Waals surface area (Å²) < 4.78 is 1.78. The highest BCUT2D eigenvalue weighted by Gasteiger charge is 2.03. The molecule has 3 rings (SSSR count). The average molecular weight is 265 g/mol. The lowest BCUT2D eigenvalue weighted by atomic mass is 10.1. The predicted octanol–water partition coefficient (Wildman–Crippen LogP) is 2.76. The molecule has 1 aromatic heterocycles. The number of rotatable bonds is 4. The number of benzene rings is 2. The molecule has 0 aliphatic heterocycles. The lowest BCUT2D eigenvalue weighted by Crippen LogP contribution is -1.93. The largest absolute Gasteiger partial charge is 0.508 e. The first-order chi connectivity index (χ1) is 9.81. The zero-order chi connectivity index (χ0) is 13.8. The van der Waals surface area contributed by atoms with Crippen LogP contribution in [0.2, 0.25) is 0 Å². The van der Waals surface area contributed by atoms with Gasteiger partial charge in [-0.15, -0.1) is 5.10 Å². The van der Waals surface area contributed by atoms with Crippen molar-refractivity contribution in [1.29, 1.82) is 0 Å². The van der Waals surface area contributed by atoms with Crippen molar-refractivity contribution in [3.05, 3.63) is 72.1 Å². The molecular weight excluding hydrogens is 250 g/mol. The van der Waals surface area contributed by atoms with Crippen molar-refractivity contribution >= 4 is 0 Å². The summed E-state index contributed by atoms with van der Waals surface area (Å²) in [5.41, 5.74) is 3.15. The van der Waals surface area contributed by atoms with E-state index in [0.717, 1.165) is 24.2 Å². The van der Waals surface area contributed by atoms with Gasteiger partial charge in [-0.1, -0.05) is 35.5 Å². The molecule has 3 aromatic rings.